The van der Waals surface area contributed by atoms with Crippen molar-refractivity contribution >= 4 is 17.8 Å². The van der Waals surface area contributed by atoms with Crippen LogP contribution in [0.3, 0.4) is 0 Å². The van der Waals surface area contributed by atoms with E-state index in [4.69, 9.17) is 4.74 Å². The standard InChI is InChI=1S/C14H26N2O2S/c1-11-9-16(10-12(2)18-11)14(17)15-7-8-19-13-5-3-4-6-13/h11-13H,3-10H2,1-2H3,(H,15,17)/t11-,12-/m1/s1. The van der Waals surface area contributed by atoms with Gasteiger partial charge in [0.1, 0.15) is 0 Å². The van der Waals surface area contributed by atoms with Gasteiger partial charge < -0.3 is 15.0 Å². The first-order valence-electron chi connectivity index (χ1n) is 7.45. The predicted octanol–water partition coefficient (Wildman–Crippen LogP) is 2.48. The van der Waals surface area contributed by atoms with Gasteiger partial charge in [-0.05, 0) is 26.7 Å². The molecule has 1 N–H and O–H groups in total. The van der Waals surface area contributed by atoms with E-state index in [-0.39, 0.29) is 18.2 Å². The van der Waals surface area contributed by atoms with Crippen LogP contribution in [0, 0.1) is 0 Å². The zero-order chi connectivity index (χ0) is 13.7. The van der Waals surface area contributed by atoms with Crippen LogP contribution in [-0.4, -0.2) is 53.8 Å². The lowest BCUT2D eigenvalue weighted by atomic mass is 10.2. The minimum Gasteiger partial charge on any atom is -0.372 e. The lowest BCUT2D eigenvalue weighted by molar-refractivity contribution is -0.0544. The molecule has 2 rings (SSSR count). The summed E-state index contributed by atoms with van der Waals surface area (Å²) in [6, 6.07) is 0.0639. The van der Waals surface area contributed by atoms with E-state index in [2.05, 4.69) is 5.32 Å². The van der Waals surface area contributed by atoms with Crippen LogP contribution in [0.4, 0.5) is 4.79 Å². The SMILES string of the molecule is C[C@@H]1CN(C(=O)NCCSC2CCCC2)C[C@@H](C)O1. The summed E-state index contributed by atoms with van der Waals surface area (Å²) in [5.41, 5.74) is 0. The van der Waals surface area contributed by atoms with Crippen LogP contribution in [0.25, 0.3) is 0 Å². The quantitative estimate of drug-likeness (QED) is 0.807. The minimum absolute atomic E-state index is 0.0639. The van der Waals surface area contributed by atoms with E-state index in [1.807, 2.05) is 30.5 Å². The molecule has 1 aliphatic heterocycles. The first kappa shape index (κ1) is 15.0. The van der Waals surface area contributed by atoms with Crippen LogP contribution < -0.4 is 5.32 Å². The van der Waals surface area contributed by atoms with Crippen LogP contribution in [0.1, 0.15) is 39.5 Å². The van der Waals surface area contributed by atoms with Crippen molar-refractivity contribution in [2.45, 2.75) is 57.0 Å². The van der Waals surface area contributed by atoms with Gasteiger partial charge in [-0.3, -0.25) is 0 Å². The molecule has 110 valence electrons. The number of rotatable bonds is 4. The van der Waals surface area contributed by atoms with Crippen molar-refractivity contribution in [2.75, 3.05) is 25.4 Å². The number of carbonyl (C=O) groups is 1. The largest absolute Gasteiger partial charge is 0.372 e. The van der Waals surface area contributed by atoms with Crippen LogP contribution in [0.15, 0.2) is 0 Å². The highest BCUT2D eigenvalue weighted by Crippen LogP contribution is 2.28. The van der Waals surface area contributed by atoms with Crippen molar-refractivity contribution < 1.29 is 9.53 Å². The molecule has 1 aliphatic carbocycles. The summed E-state index contributed by atoms with van der Waals surface area (Å²) in [5.74, 6) is 1.03. The molecule has 2 fully saturated rings. The molecule has 2 amide bonds. The Hall–Kier alpha value is -0.420. The topological polar surface area (TPSA) is 41.6 Å². The summed E-state index contributed by atoms with van der Waals surface area (Å²) >= 11 is 2.02. The fourth-order valence-corrected chi connectivity index (χ4v) is 4.11. The Kier molecular flexibility index (Phi) is 5.82. The Labute approximate surface area is 120 Å². The molecular formula is C14H26N2O2S. The highest BCUT2D eigenvalue weighted by Gasteiger charge is 2.25. The van der Waals surface area contributed by atoms with Crippen molar-refractivity contribution in [3.05, 3.63) is 0 Å². The van der Waals surface area contributed by atoms with Gasteiger partial charge in [0.15, 0.2) is 0 Å². The molecule has 2 aliphatic rings. The minimum atomic E-state index is 0.0639. The normalized spacial score (nSPS) is 28.6. The first-order chi connectivity index (χ1) is 9.15. The Bertz CT molecular complexity index is 285. The molecule has 0 radical (unpaired) electrons. The molecule has 19 heavy (non-hydrogen) atoms. The second-order valence-electron chi connectivity index (χ2n) is 5.67. The number of amides is 2. The lowest BCUT2D eigenvalue weighted by Gasteiger charge is -2.35. The maximum Gasteiger partial charge on any atom is 0.317 e. The lowest BCUT2D eigenvalue weighted by Crippen LogP contribution is -2.51. The molecule has 5 heteroatoms. The van der Waals surface area contributed by atoms with Gasteiger partial charge in [-0.1, -0.05) is 12.8 Å². The van der Waals surface area contributed by atoms with Gasteiger partial charge in [-0.25, -0.2) is 4.79 Å². The van der Waals surface area contributed by atoms with Gasteiger partial charge in [-0.15, -0.1) is 0 Å². The van der Waals surface area contributed by atoms with Crippen molar-refractivity contribution in [3.8, 4) is 0 Å². The number of urea groups is 1. The molecule has 0 aromatic carbocycles. The van der Waals surface area contributed by atoms with E-state index in [1.54, 1.807) is 0 Å². The molecule has 0 aromatic heterocycles. The molecule has 4 nitrogen and oxygen atoms in total. The number of nitrogens with zero attached hydrogens (tertiary/aromatic N) is 1. The molecule has 0 unspecified atom stereocenters. The monoisotopic (exact) mass is 286 g/mol. The third-order valence-corrected chi connectivity index (χ3v) is 5.12. The van der Waals surface area contributed by atoms with E-state index in [1.165, 1.54) is 25.7 Å². The Morgan fingerprint density at radius 3 is 2.53 bits per heavy atom. The molecule has 0 bridgehead atoms. The van der Waals surface area contributed by atoms with Gasteiger partial charge in [-0.2, -0.15) is 11.8 Å². The summed E-state index contributed by atoms with van der Waals surface area (Å²) in [5, 5.41) is 3.86. The molecule has 1 saturated heterocycles. The fraction of sp³-hybridized carbons (Fsp3) is 0.929. The summed E-state index contributed by atoms with van der Waals surface area (Å²) in [6.45, 7) is 6.22. The highest BCUT2D eigenvalue weighted by molar-refractivity contribution is 7.99. The Morgan fingerprint density at radius 2 is 1.89 bits per heavy atom. The van der Waals surface area contributed by atoms with Crippen LogP contribution >= 0.6 is 11.8 Å². The van der Waals surface area contributed by atoms with Gasteiger partial charge in [0.25, 0.3) is 0 Å². The second-order valence-corrected chi connectivity index (χ2v) is 7.08. The van der Waals surface area contributed by atoms with E-state index in [9.17, 15) is 4.79 Å². The van der Waals surface area contributed by atoms with Gasteiger partial charge in [0.05, 0.1) is 12.2 Å². The van der Waals surface area contributed by atoms with Crippen LogP contribution in [-0.2, 0) is 4.74 Å². The van der Waals surface area contributed by atoms with Crippen LogP contribution in [0.5, 0.6) is 0 Å². The summed E-state index contributed by atoms with van der Waals surface area (Å²) in [7, 11) is 0. The number of morpholine rings is 1. The molecule has 1 heterocycles. The summed E-state index contributed by atoms with van der Waals surface area (Å²) < 4.78 is 5.63. The van der Waals surface area contributed by atoms with Crippen molar-refractivity contribution in [3.63, 3.8) is 0 Å². The molecular weight excluding hydrogens is 260 g/mol. The van der Waals surface area contributed by atoms with Gasteiger partial charge in [0, 0.05) is 30.6 Å². The van der Waals surface area contributed by atoms with E-state index < -0.39 is 0 Å². The summed E-state index contributed by atoms with van der Waals surface area (Å²) in [4.78, 5) is 13.9. The van der Waals surface area contributed by atoms with E-state index in [0.29, 0.717) is 13.1 Å². The molecule has 1 saturated carbocycles. The number of hydrogen-bond donors (Lipinski definition) is 1. The zero-order valence-corrected chi connectivity index (χ0v) is 12.9. The smallest absolute Gasteiger partial charge is 0.317 e. The average Bonchev–Trinajstić information content (AvgIpc) is 2.86. The number of nitrogens with one attached hydrogen (secondary N) is 1. The highest BCUT2D eigenvalue weighted by atomic mass is 32.2. The second kappa shape index (κ2) is 7.39. The zero-order valence-electron chi connectivity index (χ0n) is 12.1. The predicted molar refractivity (Wildman–Crippen MR) is 79.7 cm³/mol. The number of ether oxygens (including phenoxy) is 1. The number of carbonyl (C=O) groups excluding carboxylic acids is 1. The van der Waals surface area contributed by atoms with Crippen molar-refractivity contribution in [1.29, 1.82) is 0 Å². The fourth-order valence-electron chi connectivity index (χ4n) is 2.89. The van der Waals surface area contributed by atoms with E-state index >= 15 is 0 Å². The number of hydrogen-bond acceptors (Lipinski definition) is 3. The van der Waals surface area contributed by atoms with Gasteiger partial charge >= 0.3 is 6.03 Å². The first-order valence-corrected chi connectivity index (χ1v) is 8.50. The third-order valence-electron chi connectivity index (χ3n) is 3.74. The van der Waals surface area contributed by atoms with E-state index in [0.717, 1.165) is 17.5 Å². The molecule has 2 atom stereocenters. The molecule has 0 aromatic rings. The van der Waals surface area contributed by atoms with Crippen LogP contribution in [0.2, 0.25) is 0 Å². The van der Waals surface area contributed by atoms with Gasteiger partial charge in [0.2, 0.25) is 0 Å². The van der Waals surface area contributed by atoms with Crippen molar-refractivity contribution in [1.82, 2.24) is 10.2 Å². The third kappa shape index (κ3) is 4.88. The Morgan fingerprint density at radius 1 is 1.26 bits per heavy atom. The maximum atomic E-state index is 12.0. The Balaban J connectivity index is 1.60. The maximum absolute atomic E-state index is 12.0. The van der Waals surface area contributed by atoms with Crippen molar-refractivity contribution in [2.24, 2.45) is 0 Å². The molecule has 0 spiro atoms. The average molecular weight is 286 g/mol. The number of thioether (sulfide) groups is 1. The summed E-state index contributed by atoms with van der Waals surface area (Å²) in [6.07, 6.45) is 5.76.